The molecule has 0 spiro atoms. The number of carbonyl (C=O) groups excluding carboxylic acids is 1. The Hall–Kier alpha value is -0.910. The largest absolute Gasteiger partial charge is 0.342 e. The van der Waals surface area contributed by atoms with Crippen LogP contribution in [0.5, 0.6) is 0 Å². The van der Waals surface area contributed by atoms with Crippen LogP contribution in [-0.4, -0.2) is 40.9 Å². The van der Waals surface area contributed by atoms with Gasteiger partial charge in [0.15, 0.2) is 0 Å². The van der Waals surface area contributed by atoms with Crippen molar-refractivity contribution < 1.29 is 9.00 Å². The van der Waals surface area contributed by atoms with E-state index >= 15 is 0 Å². The summed E-state index contributed by atoms with van der Waals surface area (Å²) in [5, 5.41) is 0. The van der Waals surface area contributed by atoms with Gasteiger partial charge in [0.05, 0.1) is 0 Å². The lowest BCUT2D eigenvalue weighted by Gasteiger charge is -2.21. The van der Waals surface area contributed by atoms with Crippen LogP contribution in [0.4, 0.5) is 0 Å². The molecule has 0 heterocycles. The van der Waals surface area contributed by atoms with E-state index in [1.165, 1.54) is 0 Å². The van der Waals surface area contributed by atoms with Crippen molar-refractivity contribution in [1.82, 2.24) is 4.90 Å². The molecule has 2 N–H and O–H groups in total. The Morgan fingerprint density at radius 3 is 2.55 bits per heavy atom. The first-order valence-electron chi connectivity index (χ1n) is 7.21. The van der Waals surface area contributed by atoms with Crippen LogP contribution in [0.2, 0.25) is 0 Å². The third-order valence-corrected chi connectivity index (χ3v) is 4.28. The number of hydrogen-bond donors (Lipinski definition) is 1. The second kappa shape index (κ2) is 9.98. The van der Waals surface area contributed by atoms with Gasteiger partial charge >= 0.3 is 0 Å². The van der Waals surface area contributed by atoms with E-state index in [1.807, 2.05) is 18.2 Å². The van der Waals surface area contributed by atoms with E-state index in [9.17, 15) is 9.00 Å². The van der Waals surface area contributed by atoms with E-state index in [0.29, 0.717) is 23.8 Å². The lowest BCUT2D eigenvalue weighted by atomic mass is 10.0. The molecule has 1 amide bonds. The molecule has 22 heavy (non-hydrogen) atoms. The van der Waals surface area contributed by atoms with E-state index in [1.54, 1.807) is 24.3 Å². The average Bonchev–Trinajstić information content (AvgIpc) is 2.42. The molecule has 0 aromatic heterocycles. The van der Waals surface area contributed by atoms with Gasteiger partial charge in [-0.2, -0.15) is 0 Å². The van der Waals surface area contributed by atoms with Crippen molar-refractivity contribution in [2.45, 2.75) is 32.1 Å². The Labute approximate surface area is 142 Å². The van der Waals surface area contributed by atoms with Gasteiger partial charge in [-0.3, -0.25) is 9.00 Å². The van der Waals surface area contributed by atoms with Crippen LogP contribution in [0, 0.1) is 5.92 Å². The number of rotatable bonds is 7. The fraction of sp³-hybridized carbons (Fsp3) is 0.562. The third kappa shape index (κ3) is 6.90. The van der Waals surface area contributed by atoms with Crippen LogP contribution in [0.15, 0.2) is 24.3 Å². The molecule has 0 aliphatic carbocycles. The molecule has 0 aliphatic rings. The van der Waals surface area contributed by atoms with Crippen molar-refractivity contribution in [2.75, 3.05) is 19.8 Å². The summed E-state index contributed by atoms with van der Waals surface area (Å²) >= 11 is 0. The van der Waals surface area contributed by atoms with Crippen molar-refractivity contribution in [1.29, 1.82) is 0 Å². The number of hydrogen-bond acceptors (Lipinski definition) is 3. The molecule has 126 valence electrons. The highest BCUT2D eigenvalue weighted by atomic mass is 35.5. The first-order valence-corrected chi connectivity index (χ1v) is 8.94. The fourth-order valence-corrected chi connectivity index (χ4v) is 2.68. The van der Waals surface area contributed by atoms with E-state index in [0.717, 1.165) is 12.0 Å². The van der Waals surface area contributed by atoms with Gasteiger partial charge in [0.25, 0.3) is 5.91 Å². The monoisotopic (exact) mass is 346 g/mol. The van der Waals surface area contributed by atoms with Gasteiger partial charge in [-0.15, -0.1) is 12.4 Å². The average molecular weight is 347 g/mol. The molecule has 1 rings (SSSR count). The van der Waals surface area contributed by atoms with Gasteiger partial charge in [0.1, 0.15) is 0 Å². The van der Waals surface area contributed by atoms with Gasteiger partial charge < -0.3 is 10.6 Å². The zero-order valence-electron chi connectivity index (χ0n) is 13.7. The van der Waals surface area contributed by atoms with Gasteiger partial charge in [-0.25, -0.2) is 0 Å². The van der Waals surface area contributed by atoms with Crippen LogP contribution >= 0.6 is 12.4 Å². The molecular weight excluding hydrogens is 320 g/mol. The highest BCUT2D eigenvalue weighted by Gasteiger charge is 2.14. The van der Waals surface area contributed by atoms with Crippen LogP contribution < -0.4 is 5.73 Å². The molecule has 0 bridgehead atoms. The molecule has 6 heteroatoms. The Morgan fingerprint density at radius 1 is 1.36 bits per heavy atom. The van der Waals surface area contributed by atoms with E-state index in [4.69, 9.17) is 5.73 Å². The predicted octanol–water partition coefficient (Wildman–Crippen LogP) is 2.43. The number of amides is 1. The minimum atomic E-state index is -0.905. The lowest BCUT2D eigenvalue weighted by Crippen LogP contribution is -2.34. The number of benzene rings is 1. The summed E-state index contributed by atoms with van der Waals surface area (Å²) < 4.78 is 11.3. The highest BCUT2D eigenvalue weighted by molar-refractivity contribution is 7.83. The molecule has 0 radical (unpaired) electrons. The molecule has 0 saturated carbocycles. The Morgan fingerprint density at radius 2 is 2.00 bits per heavy atom. The fourth-order valence-electron chi connectivity index (χ4n) is 2.03. The van der Waals surface area contributed by atoms with E-state index < -0.39 is 10.8 Å². The summed E-state index contributed by atoms with van der Waals surface area (Å²) in [7, 11) is 0.887. The van der Waals surface area contributed by atoms with Gasteiger partial charge in [0, 0.05) is 48.0 Å². The smallest absolute Gasteiger partial charge is 0.253 e. The van der Waals surface area contributed by atoms with Crippen LogP contribution in [0.1, 0.15) is 36.2 Å². The standard InChI is InChI=1S/C16H26N2O2S.ClH/c1-12(2)15(17)8-9-18(3)16(19)14-7-5-6-13(10-14)11-21(4)20;/h5-7,10,12,15H,8-9,11,17H2,1-4H3;1H. The van der Waals surface area contributed by atoms with Crippen molar-refractivity contribution in [3.63, 3.8) is 0 Å². The number of carbonyl (C=O) groups is 1. The summed E-state index contributed by atoms with van der Waals surface area (Å²) in [6, 6.07) is 7.45. The summed E-state index contributed by atoms with van der Waals surface area (Å²) in [5.74, 6) is 0.870. The first kappa shape index (κ1) is 21.1. The van der Waals surface area contributed by atoms with Crippen molar-refractivity contribution in [3.05, 3.63) is 35.4 Å². The maximum absolute atomic E-state index is 12.4. The predicted molar refractivity (Wildman–Crippen MR) is 95.9 cm³/mol. The zero-order valence-corrected chi connectivity index (χ0v) is 15.4. The normalized spacial score (nSPS) is 13.4. The summed E-state index contributed by atoms with van der Waals surface area (Å²) in [5.41, 5.74) is 7.57. The molecule has 0 aliphatic heterocycles. The summed E-state index contributed by atoms with van der Waals surface area (Å²) in [6.45, 7) is 4.81. The Balaban J connectivity index is 0.00000441. The molecule has 4 nitrogen and oxygen atoms in total. The second-order valence-electron chi connectivity index (χ2n) is 5.84. The number of nitrogens with two attached hydrogens (primary N) is 1. The molecule has 1 aromatic carbocycles. The third-order valence-electron chi connectivity index (χ3n) is 3.54. The zero-order chi connectivity index (χ0) is 16.0. The maximum atomic E-state index is 12.4. The van der Waals surface area contributed by atoms with Gasteiger partial charge in [0.2, 0.25) is 0 Å². The van der Waals surface area contributed by atoms with Crippen LogP contribution in [0.3, 0.4) is 0 Å². The second-order valence-corrected chi connectivity index (χ2v) is 7.28. The molecule has 0 fully saturated rings. The minimum Gasteiger partial charge on any atom is -0.342 e. The Bertz CT molecular complexity index is 509. The quantitative estimate of drug-likeness (QED) is 0.824. The molecule has 2 unspecified atom stereocenters. The van der Waals surface area contributed by atoms with Gasteiger partial charge in [-0.1, -0.05) is 26.0 Å². The van der Waals surface area contributed by atoms with Crippen LogP contribution in [-0.2, 0) is 16.6 Å². The number of nitrogens with zero attached hydrogens (tertiary/aromatic N) is 1. The highest BCUT2D eigenvalue weighted by Crippen LogP contribution is 2.11. The maximum Gasteiger partial charge on any atom is 0.253 e. The van der Waals surface area contributed by atoms with Crippen molar-refractivity contribution in [3.8, 4) is 0 Å². The molecule has 2 atom stereocenters. The lowest BCUT2D eigenvalue weighted by molar-refractivity contribution is 0.0789. The topological polar surface area (TPSA) is 63.4 Å². The minimum absolute atomic E-state index is 0. The van der Waals surface area contributed by atoms with E-state index in [2.05, 4.69) is 13.8 Å². The number of halogens is 1. The summed E-state index contributed by atoms with van der Waals surface area (Å²) in [4.78, 5) is 14.1. The molecule has 1 aromatic rings. The Kier molecular flexibility index (Phi) is 9.56. The molecular formula is C16H27ClN2O2S. The first-order chi connectivity index (χ1) is 9.81. The SMILES string of the molecule is CC(C)C(N)CCN(C)C(=O)c1cccc(CS(C)=O)c1.Cl. The van der Waals surface area contributed by atoms with Crippen LogP contribution in [0.25, 0.3) is 0 Å². The van der Waals surface area contributed by atoms with Crippen molar-refractivity contribution >= 4 is 29.1 Å². The van der Waals surface area contributed by atoms with Gasteiger partial charge in [-0.05, 0) is 30.0 Å². The van der Waals surface area contributed by atoms with E-state index in [-0.39, 0.29) is 24.4 Å². The summed E-state index contributed by atoms with van der Waals surface area (Å²) in [6.07, 6.45) is 2.45. The molecule has 0 saturated heterocycles. The van der Waals surface area contributed by atoms with Crippen molar-refractivity contribution in [2.24, 2.45) is 11.7 Å².